The van der Waals surface area contributed by atoms with Crippen molar-refractivity contribution < 1.29 is 9.53 Å². The fourth-order valence-electron chi connectivity index (χ4n) is 3.19. The molecule has 1 fully saturated rings. The van der Waals surface area contributed by atoms with Gasteiger partial charge in [-0.3, -0.25) is 4.79 Å². The summed E-state index contributed by atoms with van der Waals surface area (Å²) in [5.74, 6) is 2.29. The number of aryl methyl sites for hydroxylation is 1. The van der Waals surface area contributed by atoms with Crippen molar-refractivity contribution in [2.24, 2.45) is 5.92 Å². The van der Waals surface area contributed by atoms with Gasteiger partial charge in [0.15, 0.2) is 0 Å². The van der Waals surface area contributed by atoms with Crippen LogP contribution in [0.15, 0.2) is 42.7 Å². The number of carbonyl (C=O) groups is 1. The molecule has 1 aromatic heterocycles. The minimum absolute atomic E-state index is 0.120. The number of aromatic nitrogens is 2. The molecule has 6 nitrogen and oxygen atoms in total. The molecule has 1 aliphatic heterocycles. The van der Waals surface area contributed by atoms with Crippen LogP contribution >= 0.6 is 0 Å². The van der Waals surface area contributed by atoms with Crippen LogP contribution in [0.4, 0.5) is 5.95 Å². The summed E-state index contributed by atoms with van der Waals surface area (Å²) in [6, 6.07) is 9.70. The first kappa shape index (κ1) is 18.2. The molecule has 2 heterocycles. The molecule has 138 valence electrons. The Bertz CT molecular complexity index is 683. The van der Waals surface area contributed by atoms with Crippen molar-refractivity contribution in [1.29, 1.82) is 0 Å². The van der Waals surface area contributed by atoms with Gasteiger partial charge in [-0.05, 0) is 48.9 Å². The van der Waals surface area contributed by atoms with Gasteiger partial charge in [0.25, 0.3) is 0 Å². The minimum atomic E-state index is 0.120. The van der Waals surface area contributed by atoms with Gasteiger partial charge >= 0.3 is 0 Å². The van der Waals surface area contributed by atoms with Crippen LogP contribution in [-0.2, 0) is 11.2 Å². The van der Waals surface area contributed by atoms with E-state index in [1.807, 2.05) is 30.3 Å². The van der Waals surface area contributed by atoms with Crippen molar-refractivity contribution in [3.63, 3.8) is 0 Å². The first-order chi connectivity index (χ1) is 12.7. The second-order valence-corrected chi connectivity index (χ2v) is 6.63. The zero-order valence-corrected chi connectivity index (χ0v) is 15.2. The number of anilines is 1. The summed E-state index contributed by atoms with van der Waals surface area (Å²) < 4.78 is 5.15. The topological polar surface area (TPSA) is 67.3 Å². The van der Waals surface area contributed by atoms with Crippen LogP contribution in [0, 0.1) is 5.92 Å². The molecule has 6 heteroatoms. The predicted octanol–water partition coefficient (Wildman–Crippen LogP) is 2.45. The Morgan fingerprint density at radius 3 is 2.54 bits per heavy atom. The molecule has 26 heavy (non-hydrogen) atoms. The summed E-state index contributed by atoms with van der Waals surface area (Å²) >= 11 is 0. The molecule has 1 aromatic carbocycles. The molecule has 0 radical (unpaired) electrons. The molecule has 0 atom stereocenters. The van der Waals surface area contributed by atoms with Gasteiger partial charge in [-0.15, -0.1) is 0 Å². The van der Waals surface area contributed by atoms with Gasteiger partial charge in [0, 0.05) is 38.4 Å². The normalized spacial score (nSPS) is 14.9. The van der Waals surface area contributed by atoms with Gasteiger partial charge in [-0.25, -0.2) is 9.97 Å². The molecule has 2 aromatic rings. The van der Waals surface area contributed by atoms with E-state index in [0.29, 0.717) is 12.3 Å². The van der Waals surface area contributed by atoms with Crippen molar-refractivity contribution >= 4 is 11.9 Å². The Morgan fingerprint density at radius 1 is 1.19 bits per heavy atom. The number of hydrogen-bond acceptors (Lipinski definition) is 5. The van der Waals surface area contributed by atoms with Crippen LogP contribution in [0.2, 0.25) is 0 Å². The van der Waals surface area contributed by atoms with Gasteiger partial charge in [0.2, 0.25) is 11.9 Å². The highest BCUT2D eigenvalue weighted by molar-refractivity contribution is 5.76. The smallest absolute Gasteiger partial charge is 0.225 e. The Kier molecular flexibility index (Phi) is 6.41. The average Bonchev–Trinajstić information content (AvgIpc) is 2.72. The van der Waals surface area contributed by atoms with E-state index < -0.39 is 0 Å². The number of methoxy groups -OCH3 is 1. The van der Waals surface area contributed by atoms with Crippen molar-refractivity contribution in [2.45, 2.75) is 25.7 Å². The first-order valence-corrected chi connectivity index (χ1v) is 9.16. The van der Waals surface area contributed by atoms with E-state index in [4.69, 9.17) is 4.74 Å². The molecule has 1 aliphatic rings. The molecule has 0 unspecified atom stereocenters. The van der Waals surface area contributed by atoms with Crippen LogP contribution in [0.1, 0.15) is 24.8 Å². The van der Waals surface area contributed by atoms with Crippen molar-refractivity contribution in [3.8, 4) is 5.75 Å². The number of rotatable bonds is 7. The lowest BCUT2D eigenvalue weighted by Gasteiger charge is -2.31. The fraction of sp³-hybridized carbons (Fsp3) is 0.450. The molecular weight excluding hydrogens is 328 g/mol. The Labute approximate surface area is 154 Å². The molecule has 0 saturated carbocycles. The van der Waals surface area contributed by atoms with Crippen LogP contribution in [0.3, 0.4) is 0 Å². The fourth-order valence-corrected chi connectivity index (χ4v) is 3.19. The summed E-state index contributed by atoms with van der Waals surface area (Å²) in [7, 11) is 1.65. The maximum absolute atomic E-state index is 12.1. The van der Waals surface area contributed by atoms with Gasteiger partial charge in [-0.2, -0.15) is 0 Å². The molecule has 1 N–H and O–H groups in total. The lowest BCUT2D eigenvalue weighted by molar-refractivity contribution is -0.121. The number of hydrogen-bond donors (Lipinski definition) is 1. The third kappa shape index (κ3) is 5.18. The van der Waals surface area contributed by atoms with Gasteiger partial charge < -0.3 is 15.0 Å². The summed E-state index contributed by atoms with van der Waals surface area (Å²) in [6.07, 6.45) is 6.92. The monoisotopic (exact) mass is 354 g/mol. The van der Waals surface area contributed by atoms with E-state index in [0.717, 1.165) is 56.2 Å². The average molecular weight is 354 g/mol. The highest BCUT2D eigenvalue weighted by Gasteiger charge is 2.21. The van der Waals surface area contributed by atoms with E-state index in [-0.39, 0.29) is 5.91 Å². The highest BCUT2D eigenvalue weighted by atomic mass is 16.5. The highest BCUT2D eigenvalue weighted by Crippen LogP contribution is 2.19. The zero-order valence-electron chi connectivity index (χ0n) is 15.2. The third-order valence-electron chi connectivity index (χ3n) is 4.84. The van der Waals surface area contributed by atoms with Crippen LogP contribution in [0.25, 0.3) is 0 Å². The number of piperidine rings is 1. The Hall–Kier alpha value is -2.63. The lowest BCUT2D eigenvalue weighted by Crippen LogP contribution is -2.39. The summed E-state index contributed by atoms with van der Waals surface area (Å²) in [6.45, 7) is 2.64. The molecule has 0 spiro atoms. The molecular formula is C20H26N4O2. The van der Waals surface area contributed by atoms with Crippen molar-refractivity contribution in [3.05, 3.63) is 48.3 Å². The first-order valence-electron chi connectivity index (χ1n) is 9.16. The maximum atomic E-state index is 12.1. The molecule has 1 amide bonds. The summed E-state index contributed by atoms with van der Waals surface area (Å²) in [5, 5.41) is 3.09. The van der Waals surface area contributed by atoms with Crippen LogP contribution < -0.4 is 15.0 Å². The van der Waals surface area contributed by atoms with E-state index in [1.165, 1.54) is 0 Å². The van der Waals surface area contributed by atoms with Gasteiger partial charge in [0.05, 0.1) is 7.11 Å². The minimum Gasteiger partial charge on any atom is -0.497 e. The number of nitrogens with one attached hydrogen (secondary N) is 1. The van der Waals surface area contributed by atoms with Crippen LogP contribution in [0.5, 0.6) is 5.75 Å². The zero-order chi connectivity index (χ0) is 18.2. The number of carbonyl (C=O) groups excluding carboxylic acids is 1. The summed E-state index contributed by atoms with van der Waals surface area (Å²) in [4.78, 5) is 22.9. The van der Waals surface area contributed by atoms with Crippen LogP contribution in [-0.4, -0.2) is 42.6 Å². The molecule has 0 bridgehead atoms. The molecule has 3 rings (SSSR count). The Balaban J connectivity index is 1.34. The third-order valence-corrected chi connectivity index (χ3v) is 4.84. The van der Waals surface area contributed by atoms with Crippen molar-refractivity contribution in [2.75, 3.05) is 31.6 Å². The largest absolute Gasteiger partial charge is 0.497 e. The van der Waals surface area contributed by atoms with E-state index >= 15 is 0 Å². The van der Waals surface area contributed by atoms with E-state index in [9.17, 15) is 4.79 Å². The lowest BCUT2D eigenvalue weighted by atomic mass is 9.97. The van der Waals surface area contributed by atoms with Crippen molar-refractivity contribution in [1.82, 2.24) is 15.3 Å². The second kappa shape index (κ2) is 9.17. The SMILES string of the molecule is COc1ccc(CCC(=O)NCC2CCN(c3ncccn3)CC2)cc1. The number of amides is 1. The van der Waals surface area contributed by atoms with Gasteiger partial charge in [-0.1, -0.05) is 12.1 Å². The van der Waals surface area contributed by atoms with E-state index in [2.05, 4.69) is 20.2 Å². The van der Waals surface area contributed by atoms with Gasteiger partial charge in [0.1, 0.15) is 5.75 Å². The number of benzene rings is 1. The number of nitrogens with zero attached hydrogens (tertiary/aromatic N) is 3. The second-order valence-electron chi connectivity index (χ2n) is 6.63. The standard InChI is InChI=1S/C20H26N4O2/c1-26-18-6-3-16(4-7-18)5-8-19(25)23-15-17-9-13-24(14-10-17)20-21-11-2-12-22-20/h2-4,6-7,11-12,17H,5,8-10,13-15H2,1H3,(H,23,25). The predicted molar refractivity (Wildman–Crippen MR) is 101 cm³/mol. The maximum Gasteiger partial charge on any atom is 0.225 e. The quantitative estimate of drug-likeness (QED) is 0.827. The van der Waals surface area contributed by atoms with E-state index in [1.54, 1.807) is 19.5 Å². The Morgan fingerprint density at radius 2 is 1.88 bits per heavy atom. The molecule has 1 saturated heterocycles. The summed E-state index contributed by atoms with van der Waals surface area (Å²) in [5.41, 5.74) is 1.15. The molecule has 0 aliphatic carbocycles. The number of ether oxygens (including phenoxy) is 1.